The lowest BCUT2D eigenvalue weighted by atomic mass is 10.1. The Labute approximate surface area is 187 Å². The number of amides is 3. The van der Waals surface area contributed by atoms with Gasteiger partial charge in [0.2, 0.25) is 0 Å². The lowest BCUT2D eigenvalue weighted by Gasteiger charge is -2.20. The molecule has 0 bridgehead atoms. The Hall–Kier alpha value is -2.97. The molecule has 3 rings (SSSR count). The van der Waals surface area contributed by atoms with E-state index >= 15 is 0 Å². The minimum absolute atomic E-state index is 0.0297. The van der Waals surface area contributed by atoms with Gasteiger partial charge in [0.15, 0.2) is 6.61 Å². The summed E-state index contributed by atoms with van der Waals surface area (Å²) in [5.41, 5.74) is 1.08. The first-order valence-corrected chi connectivity index (χ1v) is 9.91. The maximum Gasteiger partial charge on any atom is 0.329 e. The lowest BCUT2D eigenvalue weighted by Crippen LogP contribution is -2.44. The van der Waals surface area contributed by atoms with E-state index in [0.29, 0.717) is 11.1 Å². The van der Waals surface area contributed by atoms with E-state index in [1.165, 1.54) is 25.1 Å². The summed E-state index contributed by atoms with van der Waals surface area (Å²) in [6, 6.07) is 5.79. The number of hydrogen-bond acceptors (Lipinski definition) is 5. The van der Waals surface area contributed by atoms with Crippen molar-refractivity contribution >= 4 is 46.9 Å². The van der Waals surface area contributed by atoms with Crippen molar-refractivity contribution in [2.75, 3.05) is 6.61 Å². The second-order valence-electron chi connectivity index (χ2n) is 6.94. The number of carbonyl (C=O) groups excluding carboxylic acids is 4. The summed E-state index contributed by atoms with van der Waals surface area (Å²) in [5.74, 6) is -3.39. The SMILES string of the molecule is Cc1ccc(CNC(=O)COC(=O)[C@H](C)N2C(=O)c3cc(Cl)c(Cl)cc3C2=O)cc1F. The van der Waals surface area contributed by atoms with Gasteiger partial charge in [0.25, 0.3) is 17.7 Å². The van der Waals surface area contributed by atoms with Gasteiger partial charge in [-0.05, 0) is 43.2 Å². The van der Waals surface area contributed by atoms with Crippen molar-refractivity contribution in [3.63, 3.8) is 0 Å². The molecule has 7 nitrogen and oxygen atoms in total. The zero-order valence-electron chi connectivity index (χ0n) is 16.5. The third-order valence-corrected chi connectivity index (χ3v) is 5.48. The number of imide groups is 1. The van der Waals surface area contributed by atoms with Crippen LogP contribution in [0.25, 0.3) is 0 Å². The first-order chi connectivity index (χ1) is 14.6. The van der Waals surface area contributed by atoms with E-state index < -0.39 is 42.2 Å². The van der Waals surface area contributed by atoms with Crippen LogP contribution >= 0.6 is 23.2 Å². The molecule has 2 aromatic rings. The molecule has 1 aliphatic heterocycles. The van der Waals surface area contributed by atoms with E-state index in [4.69, 9.17) is 27.9 Å². The number of hydrogen-bond donors (Lipinski definition) is 1. The van der Waals surface area contributed by atoms with Crippen molar-refractivity contribution in [3.05, 3.63) is 68.4 Å². The molecule has 3 amide bonds. The molecule has 0 aliphatic carbocycles. The van der Waals surface area contributed by atoms with E-state index in [1.807, 2.05) is 0 Å². The zero-order chi connectivity index (χ0) is 22.9. The van der Waals surface area contributed by atoms with Crippen LogP contribution in [0.1, 0.15) is 38.8 Å². The molecule has 10 heteroatoms. The van der Waals surface area contributed by atoms with Gasteiger partial charge in [-0.25, -0.2) is 9.18 Å². The Morgan fingerprint density at radius 3 is 2.23 bits per heavy atom. The Bertz CT molecular complexity index is 1060. The average molecular weight is 467 g/mol. The summed E-state index contributed by atoms with van der Waals surface area (Å²) in [7, 11) is 0. The molecule has 0 radical (unpaired) electrons. The monoisotopic (exact) mass is 466 g/mol. The number of fused-ring (bicyclic) bond motifs is 1. The van der Waals surface area contributed by atoms with Crippen LogP contribution in [0.5, 0.6) is 0 Å². The van der Waals surface area contributed by atoms with Crippen LogP contribution in [0.15, 0.2) is 30.3 Å². The molecule has 1 atom stereocenters. The number of ether oxygens (including phenoxy) is 1. The molecule has 0 saturated carbocycles. The van der Waals surface area contributed by atoms with Crippen LogP contribution in [-0.4, -0.2) is 41.2 Å². The average Bonchev–Trinajstić information content (AvgIpc) is 2.96. The van der Waals surface area contributed by atoms with Gasteiger partial charge in [-0.3, -0.25) is 19.3 Å². The fourth-order valence-electron chi connectivity index (χ4n) is 2.96. The van der Waals surface area contributed by atoms with Crippen LogP contribution in [0.2, 0.25) is 10.0 Å². The Balaban J connectivity index is 1.57. The standard InChI is InChI=1S/C21H17Cl2FN2O5/c1-10-3-4-12(5-17(10)24)8-25-18(27)9-31-21(30)11(2)26-19(28)13-6-15(22)16(23)7-14(13)20(26)29/h3-7,11H,8-9H2,1-2H3,(H,25,27)/t11-/m0/s1. The third-order valence-electron chi connectivity index (χ3n) is 4.76. The highest BCUT2D eigenvalue weighted by atomic mass is 35.5. The van der Waals surface area contributed by atoms with Gasteiger partial charge in [0.05, 0.1) is 21.2 Å². The molecule has 1 heterocycles. The highest BCUT2D eigenvalue weighted by Gasteiger charge is 2.42. The maximum absolute atomic E-state index is 13.5. The molecule has 0 spiro atoms. The Kier molecular flexibility index (Phi) is 6.62. The van der Waals surface area contributed by atoms with Crippen molar-refractivity contribution < 1.29 is 28.3 Å². The number of nitrogens with zero attached hydrogens (tertiary/aromatic N) is 1. The molecule has 2 aromatic carbocycles. The smallest absolute Gasteiger partial charge is 0.329 e. The molecule has 0 aromatic heterocycles. The molecule has 162 valence electrons. The molecule has 1 aliphatic rings. The number of rotatable bonds is 6. The van der Waals surface area contributed by atoms with Gasteiger partial charge >= 0.3 is 5.97 Å². The predicted molar refractivity (Wildman–Crippen MR) is 110 cm³/mol. The van der Waals surface area contributed by atoms with Crippen molar-refractivity contribution in [1.29, 1.82) is 0 Å². The number of aryl methyl sites for hydroxylation is 1. The summed E-state index contributed by atoms with van der Waals surface area (Å²) in [6.07, 6.45) is 0. The van der Waals surface area contributed by atoms with Crippen molar-refractivity contribution in [2.24, 2.45) is 0 Å². The second kappa shape index (κ2) is 9.03. The zero-order valence-corrected chi connectivity index (χ0v) is 18.0. The molecule has 0 unspecified atom stereocenters. The molecule has 31 heavy (non-hydrogen) atoms. The number of esters is 1. The van der Waals surface area contributed by atoms with Crippen LogP contribution in [0.3, 0.4) is 0 Å². The van der Waals surface area contributed by atoms with Gasteiger partial charge < -0.3 is 10.1 Å². The van der Waals surface area contributed by atoms with Gasteiger partial charge in [0, 0.05) is 6.54 Å². The van der Waals surface area contributed by atoms with Gasteiger partial charge in [0.1, 0.15) is 11.9 Å². The van der Waals surface area contributed by atoms with Crippen LogP contribution in [0.4, 0.5) is 4.39 Å². The van der Waals surface area contributed by atoms with Crippen molar-refractivity contribution in [3.8, 4) is 0 Å². The van der Waals surface area contributed by atoms with Crippen LogP contribution < -0.4 is 5.32 Å². The predicted octanol–water partition coefficient (Wildman–Crippen LogP) is 3.29. The third kappa shape index (κ3) is 4.70. The quantitative estimate of drug-likeness (QED) is 0.520. The fourth-order valence-corrected chi connectivity index (χ4v) is 3.29. The molecular formula is C21H17Cl2FN2O5. The van der Waals surface area contributed by atoms with Crippen molar-refractivity contribution in [2.45, 2.75) is 26.4 Å². The summed E-state index contributed by atoms with van der Waals surface area (Å²) >= 11 is 11.8. The van der Waals surface area contributed by atoms with Gasteiger partial charge in [-0.15, -0.1) is 0 Å². The lowest BCUT2D eigenvalue weighted by molar-refractivity contribution is -0.151. The summed E-state index contributed by atoms with van der Waals surface area (Å²) < 4.78 is 18.5. The van der Waals surface area contributed by atoms with E-state index in [2.05, 4.69) is 5.32 Å². The maximum atomic E-state index is 13.5. The summed E-state index contributed by atoms with van der Waals surface area (Å²) in [5, 5.41) is 2.70. The van der Waals surface area contributed by atoms with E-state index in [1.54, 1.807) is 19.1 Å². The van der Waals surface area contributed by atoms with Crippen molar-refractivity contribution in [1.82, 2.24) is 10.2 Å². The van der Waals surface area contributed by atoms with E-state index in [9.17, 15) is 23.6 Å². The number of benzene rings is 2. The van der Waals surface area contributed by atoms with Crippen LogP contribution in [0, 0.1) is 12.7 Å². The first-order valence-electron chi connectivity index (χ1n) is 9.15. The number of nitrogens with one attached hydrogen (secondary N) is 1. The van der Waals surface area contributed by atoms with Gasteiger partial charge in [-0.2, -0.15) is 0 Å². The summed E-state index contributed by atoms with van der Waals surface area (Å²) in [4.78, 5) is 50.1. The first kappa shape index (κ1) is 22.7. The number of carbonyl (C=O) groups is 4. The molecule has 1 N–H and O–H groups in total. The minimum Gasteiger partial charge on any atom is -0.454 e. The number of halogens is 3. The van der Waals surface area contributed by atoms with Crippen LogP contribution in [-0.2, 0) is 20.9 Å². The molecule has 0 fully saturated rings. The Morgan fingerprint density at radius 1 is 1.10 bits per heavy atom. The normalized spacial score (nSPS) is 13.8. The molecule has 0 saturated heterocycles. The highest BCUT2D eigenvalue weighted by Crippen LogP contribution is 2.32. The van der Waals surface area contributed by atoms with E-state index in [-0.39, 0.29) is 27.7 Å². The summed E-state index contributed by atoms with van der Waals surface area (Å²) in [6.45, 7) is 2.34. The topological polar surface area (TPSA) is 92.8 Å². The highest BCUT2D eigenvalue weighted by molar-refractivity contribution is 6.43. The Morgan fingerprint density at radius 2 is 1.68 bits per heavy atom. The second-order valence-corrected chi connectivity index (χ2v) is 7.75. The molecular weight excluding hydrogens is 450 g/mol. The fraction of sp³-hybridized carbons (Fsp3) is 0.238. The van der Waals surface area contributed by atoms with E-state index in [0.717, 1.165) is 4.90 Å². The minimum atomic E-state index is -1.27. The largest absolute Gasteiger partial charge is 0.454 e. The van der Waals surface area contributed by atoms with Gasteiger partial charge in [-0.1, -0.05) is 35.3 Å².